The monoisotopic (exact) mass is 384 g/mol. The first-order valence-electron chi connectivity index (χ1n) is 9.24. The minimum absolute atomic E-state index is 0.420. The summed E-state index contributed by atoms with van der Waals surface area (Å²) in [6.45, 7) is 3.73. The molecule has 0 aliphatic rings. The Labute approximate surface area is 168 Å². The van der Waals surface area contributed by atoms with Crippen LogP contribution in [0.2, 0.25) is 0 Å². The Hall–Kier alpha value is -3.69. The molecule has 0 amide bonds. The molecule has 0 saturated heterocycles. The van der Waals surface area contributed by atoms with Gasteiger partial charge in [0, 0.05) is 18.0 Å². The van der Waals surface area contributed by atoms with Crippen molar-refractivity contribution in [1.29, 1.82) is 5.26 Å². The van der Waals surface area contributed by atoms with Crippen LogP contribution in [0.25, 0.3) is 28.0 Å². The number of hydrogen-bond donors (Lipinski definition) is 1. The Morgan fingerprint density at radius 3 is 2.52 bits per heavy atom. The van der Waals surface area contributed by atoms with Gasteiger partial charge < -0.3 is 9.84 Å². The summed E-state index contributed by atoms with van der Waals surface area (Å²) in [7, 11) is 1.57. The van der Waals surface area contributed by atoms with Crippen molar-refractivity contribution in [1.82, 2.24) is 14.4 Å². The molecule has 0 aliphatic carbocycles. The number of fused-ring (bicyclic) bond motifs is 1. The van der Waals surface area contributed by atoms with Crippen LogP contribution in [0.5, 0.6) is 6.01 Å². The average molecular weight is 384 g/mol. The van der Waals surface area contributed by atoms with Gasteiger partial charge in [-0.1, -0.05) is 24.3 Å². The minimum atomic E-state index is -0.588. The van der Waals surface area contributed by atoms with Gasteiger partial charge in [-0.2, -0.15) is 10.2 Å². The largest absolute Gasteiger partial charge is 0.468 e. The zero-order chi connectivity index (χ0) is 20.5. The van der Waals surface area contributed by atoms with Gasteiger partial charge in [0.05, 0.1) is 36.1 Å². The molecule has 144 valence electrons. The van der Waals surface area contributed by atoms with Crippen LogP contribution in [0.1, 0.15) is 29.7 Å². The highest BCUT2D eigenvalue weighted by atomic mass is 16.5. The molecule has 0 aliphatic heterocycles. The van der Waals surface area contributed by atoms with Crippen LogP contribution in [-0.4, -0.2) is 26.6 Å². The lowest BCUT2D eigenvalue weighted by Gasteiger charge is -2.16. The number of aromatic nitrogens is 3. The number of methoxy groups -OCH3 is 1. The van der Waals surface area contributed by atoms with Gasteiger partial charge in [0.1, 0.15) is 0 Å². The Balaban J connectivity index is 2.05. The summed E-state index contributed by atoms with van der Waals surface area (Å²) < 4.78 is 7.28. The Morgan fingerprint density at radius 1 is 1.14 bits per heavy atom. The normalized spacial score (nSPS) is 12.0. The van der Waals surface area contributed by atoms with E-state index in [1.807, 2.05) is 37.3 Å². The number of aliphatic hydroxyl groups excluding tert-OH is 1. The molecule has 1 unspecified atom stereocenters. The van der Waals surface area contributed by atoms with Crippen LogP contribution in [-0.2, 0) is 0 Å². The van der Waals surface area contributed by atoms with Crippen LogP contribution >= 0.6 is 0 Å². The summed E-state index contributed by atoms with van der Waals surface area (Å²) in [4.78, 5) is 9.29. The van der Waals surface area contributed by atoms with E-state index in [0.29, 0.717) is 22.9 Å². The summed E-state index contributed by atoms with van der Waals surface area (Å²) in [5, 5.41) is 19.3. The van der Waals surface area contributed by atoms with E-state index in [9.17, 15) is 5.11 Å². The van der Waals surface area contributed by atoms with Crippen LogP contribution in [0.4, 0.5) is 0 Å². The number of rotatable bonds is 4. The maximum Gasteiger partial charge on any atom is 0.302 e. The summed E-state index contributed by atoms with van der Waals surface area (Å²) in [6, 6.07) is 15.8. The second kappa shape index (κ2) is 7.38. The van der Waals surface area contributed by atoms with E-state index in [1.165, 1.54) is 0 Å². The van der Waals surface area contributed by atoms with Crippen molar-refractivity contribution >= 4 is 5.65 Å². The molecule has 29 heavy (non-hydrogen) atoms. The summed E-state index contributed by atoms with van der Waals surface area (Å²) >= 11 is 0. The van der Waals surface area contributed by atoms with E-state index in [2.05, 4.69) is 11.1 Å². The van der Waals surface area contributed by atoms with Gasteiger partial charge in [0.25, 0.3) is 0 Å². The Kier molecular flexibility index (Phi) is 4.75. The lowest BCUT2D eigenvalue weighted by atomic mass is 9.94. The number of ether oxygens (including phenoxy) is 1. The molecule has 2 heterocycles. The molecule has 6 nitrogen and oxygen atoms in total. The number of benzene rings is 2. The lowest BCUT2D eigenvalue weighted by Crippen LogP contribution is -2.03. The van der Waals surface area contributed by atoms with Gasteiger partial charge in [0.15, 0.2) is 5.65 Å². The topological polar surface area (TPSA) is 83.4 Å². The van der Waals surface area contributed by atoms with Crippen LogP contribution in [0.15, 0.2) is 54.9 Å². The van der Waals surface area contributed by atoms with Crippen molar-refractivity contribution in [3.63, 3.8) is 0 Å². The highest BCUT2D eigenvalue weighted by Crippen LogP contribution is 2.37. The molecule has 4 rings (SSSR count). The first kappa shape index (κ1) is 18.7. The number of nitrogens with zero attached hydrogens (tertiary/aromatic N) is 4. The maximum absolute atomic E-state index is 10.2. The van der Waals surface area contributed by atoms with Crippen LogP contribution < -0.4 is 4.74 Å². The van der Waals surface area contributed by atoms with Crippen LogP contribution in [0, 0.1) is 18.3 Å². The number of aliphatic hydroxyl groups is 1. The highest BCUT2D eigenvalue weighted by Gasteiger charge is 2.20. The third-order valence-corrected chi connectivity index (χ3v) is 5.00. The third kappa shape index (κ3) is 3.22. The average Bonchev–Trinajstić information content (AvgIpc) is 3.23. The molecule has 2 aromatic heterocycles. The second-order valence-electron chi connectivity index (χ2n) is 6.88. The zero-order valence-electron chi connectivity index (χ0n) is 16.4. The second-order valence-corrected chi connectivity index (χ2v) is 6.88. The Bertz CT molecular complexity index is 1230. The molecular weight excluding hydrogens is 364 g/mol. The van der Waals surface area contributed by atoms with Gasteiger partial charge in [-0.3, -0.25) is 4.40 Å². The molecule has 0 saturated carbocycles. The predicted molar refractivity (Wildman–Crippen MR) is 110 cm³/mol. The molecular formula is C23H20N4O2. The van der Waals surface area contributed by atoms with Crippen LogP contribution in [0.3, 0.4) is 0 Å². The van der Waals surface area contributed by atoms with E-state index >= 15 is 0 Å². The fourth-order valence-electron chi connectivity index (χ4n) is 3.52. The molecule has 1 atom stereocenters. The quantitative estimate of drug-likeness (QED) is 0.567. The molecule has 0 fully saturated rings. The number of hydrogen-bond acceptors (Lipinski definition) is 5. The fourth-order valence-corrected chi connectivity index (χ4v) is 3.52. The van der Waals surface area contributed by atoms with Gasteiger partial charge in [-0.05, 0) is 48.7 Å². The smallest absolute Gasteiger partial charge is 0.302 e. The summed E-state index contributed by atoms with van der Waals surface area (Å²) in [5.74, 6) is 0. The molecule has 6 heteroatoms. The predicted octanol–water partition coefficient (Wildman–Crippen LogP) is 4.31. The fraction of sp³-hybridized carbons (Fsp3) is 0.174. The Morgan fingerprint density at radius 2 is 1.86 bits per heavy atom. The minimum Gasteiger partial charge on any atom is -0.468 e. The highest BCUT2D eigenvalue weighted by molar-refractivity contribution is 5.90. The number of imidazole rings is 1. The van der Waals surface area contributed by atoms with Gasteiger partial charge in [-0.25, -0.2) is 4.98 Å². The molecule has 0 spiro atoms. The molecule has 1 N–H and O–H groups in total. The molecule has 0 bridgehead atoms. The zero-order valence-corrected chi connectivity index (χ0v) is 16.4. The van der Waals surface area contributed by atoms with Gasteiger partial charge in [0.2, 0.25) is 0 Å². The first-order valence-corrected chi connectivity index (χ1v) is 9.24. The SMILES string of the molecule is COc1nc(-c2ccc(C#N)cc2)c(-c2ccc(C)c(C(C)O)c2)c2nccn12. The van der Waals surface area contributed by atoms with Crippen molar-refractivity contribution in [2.45, 2.75) is 20.0 Å². The van der Waals surface area contributed by atoms with Crippen molar-refractivity contribution < 1.29 is 9.84 Å². The molecule has 0 radical (unpaired) electrons. The summed E-state index contributed by atoms with van der Waals surface area (Å²) in [6.07, 6.45) is 2.92. The van der Waals surface area contributed by atoms with Crippen molar-refractivity contribution in [2.75, 3.05) is 7.11 Å². The van der Waals surface area contributed by atoms with E-state index in [0.717, 1.165) is 27.8 Å². The maximum atomic E-state index is 10.2. The molecule has 2 aromatic carbocycles. The van der Waals surface area contributed by atoms with Crippen molar-refractivity contribution in [3.8, 4) is 34.5 Å². The van der Waals surface area contributed by atoms with E-state index in [4.69, 9.17) is 15.0 Å². The number of nitriles is 1. The van der Waals surface area contributed by atoms with Gasteiger partial charge in [-0.15, -0.1) is 0 Å². The third-order valence-electron chi connectivity index (χ3n) is 5.00. The van der Waals surface area contributed by atoms with Gasteiger partial charge >= 0.3 is 6.01 Å². The lowest BCUT2D eigenvalue weighted by molar-refractivity contribution is 0.198. The molecule has 4 aromatic rings. The first-order chi connectivity index (χ1) is 14.0. The van der Waals surface area contributed by atoms with E-state index in [1.54, 1.807) is 43.0 Å². The van der Waals surface area contributed by atoms with Crippen molar-refractivity contribution in [3.05, 3.63) is 71.5 Å². The number of aryl methyl sites for hydroxylation is 1. The standard InChI is InChI=1S/C23H20N4O2/c1-14-4-7-18(12-19(14)15(2)28)20-21(17-8-5-16(13-24)6-9-17)26-23(29-3)27-11-10-25-22(20)27/h4-12,15,28H,1-3H3. The summed E-state index contributed by atoms with van der Waals surface area (Å²) in [5.41, 5.74) is 6.44. The van der Waals surface area contributed by atoms with Crippen molar-refractivity contribution in [2.24, 2.45) is 0 Å². The van der Waals surface area contributed by atoms with E-state index in [-0.39, 0.29) is 0 Å². The van der Waals surface area contributed by atoms with E-state index < -0.39 is 6.10 Å².